The van der Waals surface area contributed by atoms with Crippen molar-refractivity contribution in [2.24, 2.45) is 0 Å². The molecule has 1 unspecified atom stereocenters. The molecule has 94 valence electrons. The molecule has 1 amide bonds. The van der Waals surface area contributed by atoms with E-state index >= 15 is 0 Å². The number of carbonyl (C=O) groups excluding carboxylic acids is 1. The van der Waals surface area contributed by atoms with Crippen LogP contribution in [0.25, 0.3) is 0 Å². The molecule has 0 fully saturated rings. The van der Waals surface area contributed by atoms with Crippen molar-refractivity contribution >= 4 is 17.5 Å². The SMILES string of the molecule is CC(Cl)CCN(C)C(=O)c1ccc(F)cc1F. The minimum Gasteiger partial charge on any atom is -0.342 e. The maximum atomic E-state index is 13.3. The molecule has 1 aromatic rings. The zero-order chi connectivity index (χ0) is 13.0. The van der Waals surface area contributed by atoms with Gasteiger partial charge in [-0.05, 0) is 25.5 Å². The summed E-state index contributed by atoms with van der Waals surface area (Å²) < 4.78 is 26.0. The van der Waals surface area contributed by atoms with E-state index in [1.807, 2.05) is 6.92 Å². The van der Waals surface area contributed by atoms with Gasteiger partial charge in [-0.3, -0.25) is 4.79 Å². The molecular weight excluding hydrogens is 248 g/mol. The Morgan fingerprint density at radius 3 is 2.65 bits per heavy atom. The van der Waals surface area contributed by atoms with Crippen LogP contribution in [0.15, 0.2) is 18.2 Å². The fraction of sp³-hybridized carbons (Fsp3) is 0.417. The Bertz CT molecular complexity index is 409. The van der Waals surface area contributed by atoms with Gasteiger partial charge in [0.2, 0.25) is 0 Å². The van der Waals surface area contributed by atoms with Crippen LogP contribution in [0.1, 0.15) is 23.7 Å². The normalized spacial score (nSPS) is 12.3. The van der Waals surface area contributed by atoms with Crippen LogP contribution in [0.4, 0.5) is 8.78 Å². The molecule has 0 aliphatic rings. The first-order valence-corrected chi connectivity index (χ1v) is 5.70. The van der Waals surface area contributed by atoms with Crippen LogP contribution in [0.3, 0.4) is 0 Å². The number of carbonyl (C=O) groups is 1. The summed E-state index contributed by atoms with van der Waals surface area (Å²) in [7, 11) is 1.56. The molecule has 1 atom stereocenters. The van der Waals surface area contributed by atoms with E-state index in [1.54, 1.807) is 7.05 Å². The summed E-state index contributed by atoms with van der Waals surface area (Å²) in [6.45, 7) is 2.25. The van der Waals surface area contributed by atoms with Gasteiger partial charge >= 0.3 is 0 Å². The van der Waals surface area contributed by atoms with Crippen LogP contribution < -0.4 is 0 Å². The molecule has 0 bridgehead atoms. The molecule has 0 heterocycles. The van der Waals surface area contributed by atoms with Gasteiger partial charge in [0.15, 0.2) is 0 Å². The number of nitrogens with zero attached hydrogens (tertiary/aromatic N) is 1. The molecule has 2 nitrogen and oxygen atoms in total. The zero-order valence-electron chi connectivity index (χ0n) is 9.71. The minimum atomic E-state index is -0.847. The Kier molecular flexibility index (Phi) is 4.87. The highest BCUT2D eigenvalue weighted by Gasteiger charge is 2.16. The third-order valence-electron chi connectivity index (χ3n) is 2.37. The Morgan fingerprint density at radius 2 is 2.12 bits per heavy atom. The van der Waals surface area contributed by atoms with E-state index in [9.17, 15) is 13.6 Å². The lowest BCUT2D eigenvalue weighted by Crippen LogP contribution is -2.29. The van der Waals surface area contributed by atoms with Crippen LogP contribution in [-0.2, 0) is 0 Å². The van der Waals surface area contributed by atoms with Crippen LogP contribution >= 0.6 is 11.6 Å². The standard InChI is InChI=1S/C12H14ClF2NO/c1-8(13)5-6-16(2)12(17)10-4-3-9(14)7-11(10)15/h3-4,7-8H,5-6H2,1-2H3. The topological polar surface area (TPSA) is 20.3 Å². The molecule has 0 radical (unpaired) electrons. The van der Waals surface area contributed by atoms with E-state index in [0.717, 1.165) is 12.1 Å². The Hall–Kier alpha value is -1.16. The lowest BCUT2D eigenvalue weighted by Gasteiger charge is -2.18. The number of hydrogen-bond donors (Lipinski definition) is 0. The molecule has 0 spiro atoms. The first-order valence-electron chi connectivity index (χ1n) is 5.26. The van der Waals surface area contributed by atoms with Crippen molar-refractivity contribution in [1.29, 1.82) is 0 Å². The Balaban J connectivity index is 2.75. The summed E-state index contributed by atoms with van der Waals surface area (Å²) in [5, 5.41) is -0.0525. The van der Waals surface area contributed by atoms with Crippen LogP contribution in [0.2, 0.25) is 0 Å². The minimum absolute atomic E-state index is 0.0525. The van der Waals surface area contributed by atoms with Crippen molar-refractivity contribution in [2.75, 3.05) is 13.6 Å². The molecule has 0 saturated carbocycles. The lowest BCUT2D eigenvalue weighted by atomic mass is 10.1. The van der Waals surface area contributed by atoms with Crippen molar-refractivity contribution in [2.45, 2.75) is 18.7 Å². The second-order valence-corrected chi connectivity index (χ2v) is 4.67. The van der Waals surface area contributed by atoms with E-state index in [2.05, 4.69) is 0 Å². The smallest absolute Gasteiger partial charge is 0.256 e. The number of hydrogen-bond acceptors (Lipinski definition) is 1. The van der Waals surface area contributed by atoms with Crippen molar-refractivity contribution < 1.29 is 13.6 Å². The van der Waals surface area contributed by atoms with Crippen LogP contribution in [-0.4, -0.2) is 29.8 Å². The van der Waals surface area contributed by atoms with Gasteiger partial charge < -0.3 is 4.90 Å². The Labute approximate surface area is 104 Å². The molecular formula is C12H14ClF2NO. The third-order valence-corrected chi connectivity index (χ3v) is 2.59. The average Bonchev–Trinajstić information content (AvgIpc) is 2.25. The van der Waals surface area contributed by atoms with Gasteiger partial charge in [-0.1, -0.05) is 0 Å². The average molecular weight is 262 g/mol. The second kappa shape index (κ2) is 5.96. The maximum Gasteiger partial charge on any atom is 0.256 e. The van der Waals surface area contributed by atoms with Gasteiger partial charge in [0.25, 0.3) is 5.91 Å². The molecule has 0 aromatic heterocycles. The highest BCUT2D eigenvalue weighted by atomic mass is 35.5. The van der Waals surface area contributed by atoms with E-state index in [0.29, 0.717) is 19.0 Å². The highest BCUT2D eigenvalue weighted by Crippen LogP contribution is 2.12. The molecule has 1 aromatic carbocycles. The van der Waals surface area contributed by atoms with Gasteiger partial charge in [0.1, 0.15) is 11.6 Å². The van der Waals surface area contributed by atoms with Gasteiger partial charge in [-0.25, -0.2) is 8.78 Å². The fourth-order valence-electron chi connectivity index (χ4n) is 1.34. The summed E-state index contributed by atoms with van der Waals surface area (Å²) in [5.41, 5.74) is -0.129. The summed E-state index contributed by atoms with van der Waals surface area (Å²) in [6.07, 6.45) is 0.618. The molecule has 1 rings (SSSR count). The predicted molar refractivity (Wildman–Crippen MR) is 63.3 cm³/mol. The fourth-order valence-corrected chi connectivity index (χ4v) is 1.44. The summed E-state index contributed by atoms with van der Waals surface area (Å²) in [5.74, 6) is -2.02. The van der Waals surface area contributed by atoms with Gasteiger partial charge in [0.05, 0.1) is 5.56 Å². The van der Waals surface area contributed by atoms with E-state index in [-0.39, 0.29) is 10.9 Å². The monoisotopic (exact) mass is 261 g/mol. The van der Waals surface area contributed by atoms with E-state index in [4.69, 9.17) is 11.6 Å². The van der Waals surface area contributed by atoms with Gasteiger partial charge in [-0.15, -0.1) is 11.6 Å². The third kappa shape index (κ3) is 3.97. The van der Waals surface area contributed by atoms with Crippen molar-refractivity contribution in [3.8, 4) is 0 Å². The molecule has 0 saturated heterocycles. The predicted octanol–water partition coefficient (Wildman–Crippen LogP) is 3.05. The number of halogens is 3. The number of amides is 1. The number of rotatable bonds is 4. The van der Waals surface area contributed by atoms with Crippen LogP contribution in [0.5, 0.6) is 0 Å². The Morgan fingerprint density at radius 1 is 1.47 bits per heavy atom. The van der Waals surface area contributed by atoms with Crippen molar-refractivity contribution in [1.82, 2.24) is 4.90 Å². The first-order chi connectivity index (χ1) is 7.91. The van der Waals surface area contributed by atoms with Crippen LogP contribution in [0, 0.1) is 11.6 Å². The quantitative estimate of drug-likeness (QED) is 0.763. The number of alkyl halides is 1. The zero-order valence-corrected chi connectivity index (χ0v) is 10.5. The van der Waals surface area contributed by atoms with E-state index in [1.165, 1.54) is 4.90 Å². The first kappa shape index (κ1) is 13.9. The summed E-state index contributed by atoms with van der Waals surface area (Å²) in [4.78, 5) is 13.2. The van der Waals surface area contributed by atoms with Gasteiger partial charge in [0, 0.05) is 25.0 Å². The number of benzene rings is 1. The van der Waals surface area contributed by atoms with E-state index < -0.39 is 17.5 Å². The summed E-state index contributed by atoms with van der Waals surface area (Å²) >= 11 is 5.76. The van der Waals surface area contributed by atoms with Crippen molar-refractivity contribution in [3.05, 3.63) is 35.4 Å². The molecule has 5 heteroatoms. The second-order valence-electron chi connectivity index (χ2n) is 3.92. The molecule has 0 aliphatic heterocycles. The molecule has 0 N–H and O–H groups in total. The summed E-state index contributed by atoms with van der Waals surface area (Å²) in [6, 6.07) is 2.91. The largest absolute Gasteiger partial charge is 0.342 e. The molecule has 17 heavy (non-hydrogen) atoms. The molecule has 0 aliphatic carbocycles. The van der Waals surface area contributed by atoms with Gasteiger partial charge in [-0.2, -0.15) is 0 Å². The maximum absolute atomic E-state index is 13.3. The van der Waals surface area contributed by atoms with Crippen molar-refractivity contribution in [3.63, 3.8) is 0 Å². The highest BCUT2D eigenvalue weighted by molar-refractivity contribution is 6.20. The lowest BCUT2D eigenvalue weighted by molar-refractivity contribution is 0.0789.